The number of rotatable bonds is 7. The van der Waals surface area contributed by atoms with Crippen molar-refractivity contribution < 1.29 is 4.74 Å². The van der Waals surface area contributed by atoms with Gasteiger partial charge < -0.3 is 20.3 Å². The van der Waals surface area contributed by atoms with Gasteiger partial charge in [0.25, 0.3) is 0 Å². The normalized spacial score (nSPS) is 14.2. The Labute approximate surface area is 206 Å². The molecule has 4 rings (SSSR count). The second kappa shape index (κ2) is 10.6. The summed E-state index contributed by atoms with van der Waals surface area (Å²) in [4.78, 5) is 12.9. The summed E-state index contributed by atoms with van der Waals surface area (Å²) < 4.78 is 8.90. The van der Waals surface area contributed by atoms with Crippen LogP contribution in [0.4, 0.5) is 28.8 Å². The van der Waals surface area contributed by atoms with E-state index in [2.05, 4.69) is 88.5 Å². The van der Waals surface area contributed by atoms with Crippen LogP contribution in [0.25, 0.3) is 0 Å². The van der Waals surface area contributed by atoms with Gasteiger partial charge in [0.05, 0.1) is 13.2 Å². The van der Waals surface area contributed by atoms with Crippen LogP contribution in [0.15, 0.2) is 53.4 Å². The fourth-order valence-electron chi connectivity index (χ4n) is 3.50. The second-order valence-electron chi connectivity index (χ2n) is 9.48. The molecule has 0 radical (unpaired) electrons. The summed E-state index contributed by atoms with van der Waals surface area (Å²) in [6.45, 7) is 13.9. The minimum absolute atomic E-state index is 0.0371. The van der Waals surface area contributed by atoms with E-state index in [1.807, 2.05) is 19.9 Å². The molecule has 0 aliphatic carbocycles. The lowest BCUT2D eigenvalue weighted by Gasteiger charge is -2.28. The highest BCUT2D eigenvalue weighted by Gasteiger charge is 2.13. The van der Waals surface area contributed by atoms with Crippen molar-refractivity contribution in [2.24, 2.45) is 0 Å². The number of aromatic nitrogens is 2. The van der Waals surface area contributed by atoms with Crippen LogP contribution in [0.1, 0.15) is 32.0 Å². The Balaban J connectivity index is 1.47. The quantitative estimate of drug-likeness (QED) is 0.367. The van der Waals surface area contributed by atoms with Crippen molar-refractivity contribution in [2.45, 2.75) is 45.1 Å². The van der Waals surface area contributed by atoms with Gasteiger partial charge in [-0.15, -0.1) is 0 Å². The number of hydrogen-bond acceptors (Lipinski definition) is 8. The molecule has 0 unspecified atom stereocenters. The molecule has 0 atom stereocenters. The van der Waals surface area contributed by atoms with Crippen LogP contribution in [0.5, 0.6) is 0 Å². The first-order chi connectivity index (χ1) is 16.3. The minimum Gasteiger partial charge on any atom is -0.378 e. The minimum atomic E-state index is 0.0371. The number of anilines is 5. The van der Waals surface area contributed by atoms with Crippen LogP contribution in [0, 0.1) is 13.8 Å². The molecule has 2 aromatic carbocycles. The van der Waals surface area contributed by atoms with Crippen molar-refractivity contribution in [2.75, 3.05) is 41.8 Å². The summed E-state index contributed by atoms with van der Waals surface area (Å²) in [6.07, 6.45) is 0. The lowest BCUT2D eigenvalue weighted by atomic mass is 10.1. The van der Waals surface area contributed by atoms with Gasteiger partial charge in [-0.2, -0.15) is 4.98 Å². The molecule has 180 valence electrons. The van der Waals surface area contributed by atoms with Crippen molar-refractivity contribution in [3.05, 3.63) is 59.8 Å². The molecule has 8 heteroatoms. The third-order valence-corrected chi connectivity index (χ3v) is 6.66. The maximum Gasteiger partial charge on any atom is 0.229 e. The van der Waals surface area contributed by atoms with E-state index in [1.54, 1.807) is 11.9 Å². The van der Waals surface area contributed by atoms with Crippen molar-refractivity contribution in [1.29, 1.82) is 0 Å². The van der Waals surface area contributed by atoms with Crippen molar-refractivity contribution in [1.82, 2.24) is 14.7 Å². The number of ether oxygens (including phenoxy) is 1. The molecular weight excluding hydrogens is 444 g/mol. The van der Waals surface area contributed by atoms with Gasteiger partial charge in [0, 0.05) is 51.8 Å². The average Bonchev–Trinajstić information content (AvgIpc) is 2.82. The van der Waals surface area contributed by atoms with Gasteiger partial charge in [-0.05, 0) is 89.0 Å². The van der Waals surface area contributed by atoms with E-state index in [9.17, 15) is 0 Å². The fourth-order valence-corrected chi connectivity index (χ4v) is 4.26. The van der Waals surface area contributed by atoms with Crippen LogP contribution in [-0.2, 0) is 4.74 Å². The smallest absolute Gasteiger partial charge is 0.229 e. The number of hydrogen-bond donors (Lipinski definition) is 3. The van der Waals surface area contributed by atoms with Gasteiger partial charge in [-0.25, -0.2) is 4.98 Å². The molecule has 0 amide bonds. The lowest BCUT2D eigenvalue weighted by molar-refractivity contribution is 0.122. The molecule has 0 saturated carbocycles. The summed E-state index contributed by atoms with van der Waals surface area (Å²) in [5, 5.41) is 6.84. The summed E-state index contributed by atoms with van der Waals surface area (Å²) >= 11 is 1.63. The average molecular weight is 479 g/mol. The molecular formula is C26H34N6OS. The van der Waals surface area contributed by atoms with Crippen molar-refractivity contribution >= 4 is 40.8 Å². The van der Waals surface area contributed by atoms with Gasteiger partial charge in [0.2, 0.25) is 5.95 Å². The van der Waals surface area contributed by atoms with Crippen LogP contribution < -0.4 is 20.3 Å². The monoisotopic (exact) mass is 478 g/mol. The van der Waals surface area contributed by atoms with Crippen LogP contribution in [0.3, 0.4) is 0 Å². The maximum absolute atomic E-state index is 5.45. The van der Waals surface area contributed by atoms with E-state index in [4.69, 9.17) is 9.72 Å². The van der Waals surface area contributed by atoms with E-state index in [-0.39, 0.29) is 5.54 Å². The number of aryl methyl sites for hydroxylation is 1. The Morgan fingerprint density at radius 1 is 0.912 bits per heavy atom. The first-order valence-corrected chi connectivity index (χ1v) is 12.4. The predicted molar refractivity (Wildman–Crippen MR) is 143 cm³/mol. The highest BCUT2D eigenvalue weighted by atomic mass is 32.2. The summed E-state index contributed by atoms with van der Waals surface area (Å²) in [5.74, 6) is 1.37. The number of morpholine rings is 1. The van der Waals surface area contributed by atoms with E-state index >= 15 is 0 Å². The van der Waals surface area contributed by atoms with Gasteiger partial charge in [0.1, 0.15) is 5.82 Å². The number of benzene rings is 2. The van der Waals surface area contributed by atoms with Gasteiger partial charge >= 0.3 is 0 Å². The number of nitrogens with one attached hydrogen (secondary N) is 3. The SMILES string of the molecule is Cc1nc(Nc2ccc(N3CCOCC3)cc2)nc(Nc2cccc(SNC(C)(C)C)c2)c1C. The molecule has 1 aromatic heterocycles. The molecule has 1 fully saturated rings. The molecule has 3 N–H and O–H groups in total. The molecule has 1 aliphatic rings. The molecule has 7 nitrogen and oxygen atoms in total. The first kappa shape index (κ1) is 24.3. The van der Waals surface area contributed by atoms with Crippen LogP contribution >= 0.6 is 11.9 Å². The van der Waals surface area contributed by atoms with E-state index in [0.717, 1.165) is 59.6 Å². The van der Waals surface area contributed by atoms with E-state index in [1.165, 1.54) is 5.69 Å². The van der Waals surface area contributed by atoms with Gasteiger partial charge in [0.15, 0.2) is 0 Å². The summed E-state index contributed by atoms with van der Waals surface area (Å²) in [6, 6.07) is 16.7. The molecule has 0 bridgehead atoms. The zero-order chi connectivity index (χ0) is 24.1. The zero-order valence-electron chi connectivity index (χ0n) is 20.6. The fraction of sp³-hybridized carbons (Fsp3) is 0.385. The Hall–Kier alpha value is -2.81. The van der Waals surface area contributed by atoms with Crippen LogP contribution in [-0.4, -0.2) is 41.8 Å². The number of nitrogens with zero attached hydrogens (tertiary/aromatic N) is 3. The van der Waals surface area contributed by atoms with Gasteiger partial charge in [-0.1, -0.05) is 6.07 Å². The molecule has 1 aliphatic heterocycles. The third-order valence-electron chi connectivity index (χ3n) is 5.46. The molecule has 34 heavy (non-hydrogen) atoms. The first-order valence-electron chi connectivity index (χ1n) is 11.6. The topological polar surface area (TPSA) is 74.3 Å². The molecule has 2 heterocycles. The van der Waals surface area contributed by atoms with Crippen LogP contribution in [0.2, 0.25) is 0 Å². The van der Waals surface area contributed by atoms with Crippen molar-refractivity contribution in [3.63, 3.8) is 0 Å². The predicted octanol–water partition coefficient (Wildman–Crippen LogP) is 5.81. The zero-order valence-corrected chi connectivity index (χ0v) is 21.4. The Morgan fingerprint density at radius 3 is 2.35 bits per heavy atom. The molecule has 3 aromatic rings. The summed E-state index contributed by atoms with van der Waals surface area (Å²) in [5.41, 5.74) is 5.15. The molecule has 1 saturated heterocycles. The summed E-state index contributed by atoms with van der Waals surface area (Å²) in [7, 11) is 0. The highest BCUT2D eigenvalue weighted by molar-refractivity contribution is 7.97. The molecule has 0 spiro atoms. The Kier molecular flexibility index (Phi) is 7.60. The van der Waals surface area contributed by atoms with Crippen molar-refractivity contribution in [3.8, 4) is 0 Å². The Bertz CT molecular complexity index is 1110. The van der Waals surface area contributed by atoms with E-state index < -0.39 is 0 Å². The third kappa shape index (κ3) is 6.62. The van der Waals surface area contributed by atoms with E-state index in [0.29, 0.717) is 5.95 Å². The maximum atomic E-state index is 5.45. The second-order valence-corrected chi connectivity index (χ2v) is 10.4. The van der Waals surface area contributed by atoms with Gasteiger partial charge in [-0.3, -0.25) is 4.72 Å². The largest absolute Gasteiger partial charge is 0.378 e. The Morgan fingerprint density at radius 2 is 1.65 bits per heavy atom. The standard InChI is InChI=1S/C26H34N6OS/c1-18-19(2)27-25(29-20-9-11-22(12-10-20)32-13-15-33-16-14-32)30-24(18)28-21-7-6-8-23(17-21)34-31-26(3,4)5/h6-12,17,31H,13-16H2,1-5H3,(H2,27,28,29,30). The lowest BCUT2D eigenvalue weighted by Crippen LogP contribution is -2.36. The highest BCUT2D eigenvalue weighted by Crippen LogP contribution is 2.27.